The summed E-state index contributed by atoms with van der Waals surface area (Å²) in [7, 11) is 0. The van der Waals surface area contributed by atoms with E-state index < -0.39 is 5.78 Å². The molecule has 9 nitrogen and oxygen atoms in total. The highest BCUT2D eigenvalue weighted by Crippen LogP contribution is 2.34. The van der Waals surface area contributed by atoms with Gasteiger partial charge in [0, 0.05) is 30.8 Å². The van der Waals surface area contributed by atoms with Gasteiger partial charge in [0.25, 0.3) is 5.78 Å². The quantitative estimate of drug-likeness (QED) is 0.248. The maximum absolute atomic E-state index is 15.8. The lowest BCUT2D eigenvalue weighted by molar-refractivity contribution is -0.0985. The van der Waals surface area contributed by atoms with E-state index in [9.17, 15) is 4.79 Å². The van der Waals surface area contributed by atoms with Gasteiger partial charge in [0.2, 0.25) is 0 Å². The van der Waals surface area contributed by atoms with Crippen LogP contribution in [0.2, 0.25) is 0 Å². The third-order valence-corrected chi connectivity index (χ3v) is 8.49. The molecule has 0 saturated carbocycles. The maximum atomic E-state index is 15.8. The first-order valence-corrected chi connectivity index (χ1v) is 15.2. The molecule has 0 radical (unpaired) electrons. The molecule has 44 heavy (non-hydrogen) atoms. The highest BCUT2D eigenvalue weighted by Gasteiger charge is 2.26. The van der Waals surface area contributed by atoms with E-state index in [-0.39, 0.29) is 24.1 Å². The van der Waals surface area contributed by atoms with Gasteiger partial charge in [-0.15, -0.1) is 0 Å². The van der Waals surface area contributed by atoms with E-state index in [1.807, 2.05) is 44.2 Å². The number of hydrogen-bond acceptors (Lipinski definition) is 8. The number of pyridine rings is 1. The molecule has 6 rings (SSSR count). The number of fused-ring (bicyclic) bond motifs is 1. The fourth-order valence-electron chi connectivity index (χ4n) is 6.21. The zero-order valence-electron chi connectivity index (χ0n) is 25.1. The molecular formula is C34H36FN5O4. The number of rotatable bonds is 9. The van der Waals surface area contributed by atoms with Crippen molar-refractivity contribution >= 4 is 11.4 Å². The van der Waals surface area contributed by atoms with Crippen molar-refractivity contribution in [1.29, 1.82) is 5.26 Å². The summed E-state index contributed by atoms with van der Waals surface area (Å²) < 4.78 is 35.1. The Kier molecular flexibility index (Phi) is 8.98. The smallest absolute Gasteiger partial charge is 0.265 e. The van der Waals surface area contributed by atoms with E-state index in [2.05, 4.69) is 16.1 Å². The number of allylic oxidation sites excluding steroid dienone is 3. The lowest BCUT2D eigenvalue weighted by atomic mass is 9.95. The molecule has 0 unspecified atom stereocenters. The highest BCUT2D eigenvalue weighted by molar-refractivity contribution is 6.08. The van der Waals surface area contributed by atoms with Crippen LogP contribution in [0.25, 0.3) is 11.4 Å². The van der Waals surface area contributed by atoms with Crippen molar-refractivity contribution in [3.05, 3.63) is 93.4 Å². The SMILES string of the molecule is CCc1c(C(=O)C#N)cnn1-c1cccc(C2=CCCC(C)=C2OCc2ccc3c(c2F)CCN(C[C@@H]2COCCO2)C3)n1. The standard InChI is InChI=1S/C34H36FN5O4/c1-3-30-28(31(41)16-36)17-37-40(30)32-9-5-8-29(38-32)27-7-4-6-22(2)34(27)44-20-24-11-10-23-18-39(13-12-26(23)33(24)35)19-25-21-42-14-15-43-25/h5,7-11,17,25H,3-4,6,12-15,18-21H2,1-2H3/t25-/m1/s1. The van der Waals surface area contributed by atoms with E-state index in [0.717, 1.165) is 48.2 Å². The normalized spacial score (nSPS) is 18.9. The minimum absolute atomic E-state index is 0.0609. The number of aromatic nitrogens is 3. The summed E-state index contributed by atoms with van der Waals surface area (Å²) in [4.78, 5) is 19.3. The topological polar surface area (TPSA) is 102 Å². The average Bonchev–Trinajstić information content (AvgIpc) is 3.49. The highest BCUT2D eigenvalue weighted by atomic mass is 19.1. The zero-order valence-corrected chi connectivity index (χ0v) is 25.1. The van der Waals surface area contributed by atoms with Crippen LogP contribution in [0.4, 0.5) is 4.39 Å². The predicted molar refractivity (Wildman–Crippen MR) is 161 cm³/mol. The molecule has 10 heteroatoms. The fraction of sp³-hybridized carbons (Fsp3) is 0.412. The van der Waals surface area contributed by atoms with E-state index in [1.165, 1.54) is 6.20 Å². The molecule has 228 valence electrons. The molecule has 2 aromatic heterocycles. The largest absolute Gasteiger partial charge is 0.488 e. The molecule has 0 amide bonds. The number of benzene rings is 1. The molecule has 1 aromatic carbocycles. The van der Waals surface area contributed by atoms with Gasteiger partial charge in [-0.05, 0) is 61.4 Å². The molecule has 2 aliphatic heterocycles. The third kappa shape index (κ3) is 6.09. The molecule has 1 saturated heterocycles. The number of nitriles is 1. The van der Waals surface area contributed by atoms with Crippen molar-refractivity contribution < 1.29 is 23.4 Å². The fourth-order valence-corrected chi connectivity index (χ4v) is 6.21. The maximum Gasteiger partial charge on any atom is 0.265 e. The monoisotopic (exact) mass is 597 g/mol. The molecule has 3 aromatic rings. The Morgan fingerprint density at radius 2 is 2.11 bits per heavy atom. The van der Waals surface area contributed by atoms with Crippen LogP contribution in [0.15, 0.2) is 53.9 Å². The molecule has 0 N–H and O–H groups in total. The molecule has 0 spiro atoms. The number of nitrogens with zero attached hydrogens (tertiary/aromatic N) is 5. The molecule has 1 fully saturated rings. The molecule has 1 aliphatic carbocycles. The number of ketones is 1. The Bertz CT molecular complexity index is 1660. The number of carbonyl (C=O) groups is 1. The van der Waals surface area contributed by atoms with Crippen LogP contribution in [-0.4, -0.2) is 64.5 Å². The molecule has 3 aliphatic rings. The van der Waals surface area contributed by atoms with Gasteiger partial charge in [0.05, 0.1) is 49.1 Å². The first kappa shape index (κ1) is 29.9. The minimum atomic E-state index is -0.621. The van der Waals surface area contributed by atoms with Crippen molar-refractivity contribution in [2.45, 2.75) is 58.8 Å². The molecule has 1 atom stereocenters. The summed E-state index contributed by atoms with van der Waals surface area (Å²) in [6, 6.07) is 11.1. The number of Topliss-reactive ketones (excluding diaryl/α,β-unsaturated/α-hetero) is 1. The van der Waals surface area contributed by atoms with Crippen LogP contribution >= 0.6 is 0 Å². The Morgan fingerprint density at radius 1 is 1.23 bits per heavy atom. The van der Waals surface area contributed by atoms with Gasteiger partial charge >= 0.3 is 0 Å². The van der Waals surface area contributed by atoms with Crippen LogP contribution in [0.5, 0.6) is 0 Å². The van der Waals surface area contributed by atoms with Crippen molar-refractivity contribution in [2.24, 2.45) is 0 Å². The Labute approximate surface area is 256 Å². The van der Waals surface area contributed by atoms with Crippen molar-refractivity contribution in [3.8, 4) is 11.9 Å². The van der Waals surface area contributed by atoms with Crippen molar-refractivity contribution in [2.75, 3.05) is 32.9 Å². The van der Waals surface area contributed by atoms with Gasteiger partial charge in [-0.3, -0.25) is 9.69 Å². The summed E-state index contributed by atoms with van der Waals surface area (Å²) in [5.74, 6) is 0.435. The third-order valence-electron chi connectivity index (χ3n) is 8.49. The Morgan fingerprint density at radius 3 is 2.91 bits per heavy atom. The van der Waals surface area contributed by atoms with Gasteiger partial charge in [-0.2, -0.15) is 10.4 Å². The molecule has 0 bridgehead atoms. The first-order valence-electron chi connectivity index (χ1n) is 15.2. The second-order valence-corrected chi connectivity index (χ2v) is 11.4. The summed E-state index contributed by atoms with van der Waals surface area (Å²) in [6.45, 7) is 8.17. The van der Waals surface area contributed by atoms with Crippen LogP contribution in [0, 0.1) is 17.1 Å². The number of ether oxygens (including phenoxy) is 3. The van der Waals surface area contributed by atoms with E-state index in [0.29, 0.717) is 67.7 Å². The first-order chi connectivity index (χ1) is 21.5. The summed E-state index contributed by atoms with van der Waals surface area (Å²) in [5, 5.41) is 13.5. The minimum Gasteiger partial charge on any atom is -0.488 e. The van der Waals surface area contributed by atoms with Crippen LogP contribution in [0.1, 0.15) is 65.1 Å². The van der Waals surface area contributed by atoms with E-state index in [4.69, 9.17) is 24.5 Å². The van der Waals surface area contributed by atoms with Gasteiger partial charge < -0.3 is 14.2 Å². The lowest BCUT2D eigenvalue weighted by Crippen LogP contribution is -2.42. The number of hydrogen-bond donors (Lipinski definition) is 0. The van der Waals surface area contributed by atoms with Crippen LogP contribution in [0.3, 0.4) is 0 Å². The van der Waals surface area contributed by atoms with Crippen LogP contribution in [-0.2, 0) is 40.2 Å². The lowest BCUT2D eigenvalue weighted by Gasteiger charge is -2.33. The van der Waals surface area contributed by atoms with Gasteiger partial charge in [0.15, 0.2) is 5.82 Å². The second kappa shape index (κ2) is 13.2. The molecular weight excluding hydrogens is 561 g/mol. The second-order valence-electron chi connectivity index (χ2n) is 11.4. The van der Waals surface area contributed by atoms with Crippen molar-refractivity contribution in [1.82, 2.24) is 19.7 Å². The molecule has 4 heterocycles. The Balaban J connectivity index is 1.18. The van der Waals surface area contributed by atoms with Gasteiger partial charge in [-0.25, -0.2) is 14.1 Å². The van der Waals surface area contributed by atoms with Gasteiger partial charge in [-0.1, -0.05) is 31.2 Å². The predicted octanol–water partition coefficient (Wildman–Crippen LogP) is 5.12. The summed E-state index contributed by atoms with van der Waals surface area (Å²) >= 11 is 0. The van der Waals surface area contributed by atoms with Crippen molar-refractivity contribution in [3.63, 3.8) is 0 Å². The van der Waals surface area contributed by atoms with Crippen LogP contribution < -0.4 is 0 Å². The van der Waals surface area contributed by atoms with E-state index >= 15 is 4.39 Å². The Hall–Kier alpha value is -4.17. The number of halogens is 1. The summed E-state index contributed by atoms with van der Waals surface area (Å²) in [6.07, 6.45) is 6.41. The van der Waals surface area contributed by atoms with E-state index in [1.54, 1.807) is 10.8 Å². The van der Waals surface area contributed by atoms with Gasteiger partial charge in [0.1, 0.15) is 24.3 Å². The number of carbonyl (C=O) groups excluding carboxylic acids is 1. The average molecular weight is 598 g/mol. The summed E-state index contributed by atoms with van der Waals surface area (Å²) in [5.41, 5.74) is 5.84. The zero-order chi connectivity index (χ0) is 30.6.